The molecule has 2 aliphatic heterocycles. The first-order valence-corrected chi connectivity index (χ1v) is 13.4. The maximum Gasteiger partial charge on any atom is 0.347 e. The van der Waals surface area contributed by atoms with Gasteiger partial charge in [-0.05, 0) is 37.5 Å². The van der Waals surface area contributed by atoms with Crippen molar-refractivity contribution >= 4 is 34.6 Å². The molecule has 2 unspecified atom stereocenters. The van der Waals surface area contributed by atoms with Crippen LogP contribution in [0.2, 0.25) is 0 Å². The molecule has 5 rings (SSSR count). The zero-order valence-electron chi connectivity index (χ0n) is 22.6. The van der Waals surface area contributed by atoms with E-state index in [0.29, 0.717) is 12.8 Å². The van der Waals surface area contributed by atoms with Crippen molar-refractivity contribution in [2.24, 2.45) is 0 Å². The van der Waals surface area contributed by atoms with E-state index in [0.717, 1.165) is 31.8 Å². The highest BCUT2D eigenvalue weighted by atomic mass is 16.6. The van der Waals surface area contributed by atoms with Crippen molar-refractivity contribution in [1.29, 1.82) is 0 Å². The van der Waals surface area contributed by atoms with E-state index in [9.17, 15) is 39.9 Å². The van der Waals surface area contributed by atoms with E-state index in [-0.39, 0.29) is 56.0 Å². The highest BCUT2D eigenvalue weighted by Crippen LogP contribution is 2.51. The Morgan fingerprint density at radius 1 is 0.854 bits per heavy atom. The van der Waals surface area contributed by atoms with Crippen LogP contribution in [0.3, 0.4) is 0 Å². The van der Waals surface area contributed by atoms with Crippen LogP contribution in [-0.4, -0.2) is 43.3 Å². The number of hydrogen-bond donors (Lipinski definition) is 5. The number of unbranched alkanes of at least 4 members (excludes halogenated alkanes) is 4. The number of ketones is 1. The predicted molar refractivity (Wildman–Crippen MR) is 147 cm³/mol. The number of fused-ring (bicyclic) bond motifs is 3. The quantitative estimate of drug-likeness (QED) is 0.137. The van der Waals surface area contributed by atoms with Crippen molar-refractivity contribution in [2.45, 2.75) is 64.6 Å². The van der Waals surface area contributed by atoms with Gasteiger partial charge in [-0.2, -0.15) is 0 Å². The van der Waals surface area contributed by atoms with E-state index in [1.54, 1.807) is 0 Å². The Kier molecular flexibility index (Phi) is 7.12. The van der Waals surface area contributed by atoms with Gasteiger partial charge in [-0.1, -0.05) is 39.2 Å². The van der Waals surface area contributed by atoms with Gasteiger partial charge in [-0.3, -0.25) is 4.79 Å². The third-order valence-corrected chi connectivity index (χ3v) is 7.77. The zero-order valence-corrected chi connectivity index (χ0v) is 22.6. The lowest BCUT2D eigenvalue weighted by atomic mass is 9.78. The summed E-state index contributed by atoms with van der Waals surface area (Å²) in [5.41, 5.74) is -1.05. The number of phenolic OH excluding ortho intramolecular Hbond substituents is 3. The Balaban J connectivity index is 1.76. The van der Waals surface area contributed by atoms with Gasteiger partial charge in [0.2, 0.25) is 0 Å². The van der Waals surface area contributed by atoms with Crippen molar-refractivity contribution < 1.29 is 49.4 Å². The van der Waals surface area contributed by atoms with Crippen LogP contribution in [0.15, 0.2) is 30.5 Å². The summed E-state index contributed by atoms with van der Waals surface area (Å²) in [4.78, 5) is 39.6. The Hall–Kier alpha value is -4.57. The molecule has 10 heteroatoms. The first-order chi connectivity index (χ1) is 19.5. The summed E-state index contributed by atoms with van der Waals surface area (Å²) in [5.74, 6) is -5.31. The van der Waals surface area contributed by atoms with Gasteiger partial charge in [0.05, 0.1) is 11.1 Å². The number of carbonyl (C=O) groups excluding carboxylic acids is 3. The molecule has 0 aromatic heterocycles. The van der Waals surface area contributed by atoms with Gasteiger partial charge in [0.15, 0.2) is 17.3 Å². The van der Waals surface area contributed by atoms with Crippen LogP contribution in [0.25, 0.3) is 16.9 Å². The van der Waals surface area contributed by atoms with Crippen LogP contribution in [0.5, 0.6) is 17.2 Å². The first kappa shape index (κ1) is 28.0. The lowest BCUT2D eigenvalue weighted by Gasteiger charge is -2.32. The summed E-state index contributed by atoms with van der Waals surface area (Å²) >= 11 is 0. The van der Waals surface area contributed by atoms with Crippen molar-refractivity contribution in [1.82, 2.24) is 0 Å². The molecule has 0 bridgehead atoms. The number of benzene rings is 2. The lowest BCUT2D eigenvalue weighted by molar-refractivity contribution is -0.143. The molecule has 214 valence electrons. The lowest BCUT2D eigenvalue weighted by Crippen LogP contribution is -2.26. The number of aliphatic hydroxyl groups is 2. The summed E-state index contributed by atoms with van der Waals surface area (Å²) in [6.07, 6.45) is 3.38. The molecule has 2 aromatic carbocycles. The number of cyclic esters (lactones) is 2. The fourth-order valence-corrected chi connectivity index (χ4v) is 5.70. The number of phenols is 3. The molecule has 1 aliphatic carbocycles. The molecule has 10 nitrogen and oxygen atoms in total. The molecule has 2 atom stereocenters. The normalized spacial score (nSPS) is 21.5. The smallest absolute Gasteiger partial charge is 0.347 e. The minimum Gasteiger partial charge on any atom is -0.507 e. The van der Waals surface area contributed by atoms with E-state index in [2.05, 4.69) is 13.5 Å². The molecule has 0 saturated heterocycles. The maximum atomic E-state index is 13.6. The molecule has 0 fully saturated rings. The van der Waals surface area contributed by atoms with E-state index in [1.165, 1.54) is 19.1 Å². The van der Waals surface area contributed by atoms with Crippen LogP contribution < -0.4 is 0 Å². The molecule has 0 spiro atoms. The Labute approximate surface area is 235 Å². The first-order valence-electron chi connectivity index (χ1n) is 13.4. The average Bonchev–Trinajstić information content (AvgIpc) is 2.91. The van der Waals surface area contributed by atoms with E-state index in [4.69, 9.17) is 9.47 Å². The van der Waals surface area contributed by atoms with Crippen LogP contribution in [-0.2, 0) is 19.1 Å². The zero-order chi connectivity index (χ0) is 29.7. The second-order valence-electron chi connectivity index (χ2n) is 10.5. The van der Waals surface area contributed by atoms with Gasteiger partial charge in [-0.15, -0.1) is 0 Å². The summed E-state index contributed by atoms with van der Waals surface area (Å²) < 4.78 is 10.7. The van der Waals surface area contributed by atoms with Gasteiger partial charge >= 0.3 is 11.9 Å². The fourth-order valence-electron chi connectivity index (χ4n) is 5.70. The molecule has 2 aromatic rings. The number of aryl methyl sites for hydroxylation is 1. The largest absolute Gasteiger partial charge is 0.507 e. The number of allylic oxidation sites excluding steroid dienone is 2. The molecule has 5 N–H and O–H groups in total. The molecule has 0 amide bonds. The Bertz CT molecular complexity index is 1590. The molecule has 0 saturated carbocycles. The number of carbonyl (C=O) groups is 3. The number of aromatic hydroxyl groups is 3. The summed E-state index contributed by atoms with van der Waals surface area (Å²) in [7, 11) is 0. The van der Waals surface area contributed by atoms with E-state index >= 15 is 0 Å². The molecule has 2 heterocycles. The molecular formula is C31H30O10. The number of esters is 2. The standard InChI is InChI=1S/C31H30O10/c1-4-5-6-7-8-9-20-23-15(10-13(2)26(34)29(23)37)24(30(38)41-20)21-16-11-17-25(31(39)40-14(3)27(17)35)28(36)22(16)19(33)12-18(21)32/h10-12,20,27,33-37H,3-9H2,1-2H3. The number of aliphatic hydroxyl groups excluding tert-OH is 2. The topological polar surface area (TPSA) is 171 Å². The summed E-state index contributed by atoms with van der Waals surface area (Å²) in [6, 6.07) is 2.68. The monoisotopic (exact) mass is 562 g/mol. The molecular weight excluding hydrogens is 532 g/mol. The number of hydrogen-bond acceptors (Lipinski definition) is 10. The molecule has 41 heavy (non-hydrogen) atoms. The summed E-state index contributed by atoms with van der Waals surface area (Å²) in [6.45, 7) is 7.12. The van der Waals surface area contributed by atoms with Crippen molar-refractivity contribution in [3.8, 4) is 17.2 Å². The maximum absolute atomic E-state index is 13.6. The second-order valence-corrected chi connectivity index (χ2v) is 10.5. The Morgan fingerprint density at radius 2 is 1.56 bits per heavy atom. The van der Waals surface area contributed by atoms with Gasteiger partial charge < -0.3 is 35.0 Å². The molecule has 3 aliphatic rings. The van der Waals surface area contributed by atoms with Gasteiger partial charge in [0.1, 0.15) is 35.0 Å². The van der Waals surface area contributed by atoms with Crippen molar-refractivity contribution in [3.05, 3.63) is 69.5 Å². The van der Waals surface area contributed by atoms with Crippen LogP contribution >= 0.6 is 0 Å². The van der Waals surface area contributed by atoms with Crippen LogP contribution in [0.4, 0.5) is 0 Å². The predicted octanol–water partition coefficient (Wildman–Crippen LogP) is 5.18. The van der Waals surface area contributed by atoms with Crippen LogP contribution in [0.1, 0.15) is 101 Å². The minimum atomic E-state index is -1.56. The van der Waals surface area contributed by atoms with E-state index in [1.807, 2.05) is 0 Å². The van der Waals surface area contributed by atoms with E-state index < -0.39 is 52.8 Å². The average molecular weight is 563 g/mol. The van der Waals surface area contributed by atoms with Crippen molar-refractivity contribution in [2.75, 3.05) is 0 Å². The molecule has 0 radical (unpaired) electrons. The Morgan fingerprint density at radius 3 is 2.27 bits per heavy atom. The highest BCUT2D eigenvalue weighted by Gasteiger charge is 2.42. The minimum absolute atomic E-state index is 0.137. The third kappa shape index (κ3) is 4.44. The number of ether oxygens (including phenoxy) is 2. The highest BCUT2D eigenvalue weighted by molar-refractivity contribution is 6.44. The van der Waals surface area contributed by atoms with Gasteiger partial charge in [-0.25, -0.2) is 9.59 Å². The third-order valence-electron chi connectivity index (χ3n) is 7.77. The van der Waals surface area contributed by atoms with Gasteiger partial charge in [0, 0.05) is 33.9 Å². The van der Waals surface area contributed by atoms with Crippen molar-refractivity contribution in [3.63, 3.8) is 0 Å². The summed E-state index contributed by atoms with van der Waals surface area (Å²) in [5, 5.41) is 53.9. The van der Waals surface area contributed by atoms with Crippen LogP contribution in [0, 0.1) is 6.92 Å². The second kappa shape index (κ2) is 10.4. The SMILES string of the molecule is C=C1OC(=O)c2c(cc3c(c2O)C(O)=CC(=O)C3=C2C(=O)OC(CCCCCCC)c3c2cc(C)c(O)c3O)C1O. The van der Waals surface area contributed by atoms with Gasteiger partial charge in [0.25, 0.3) is 0 Å². The number of rotatable bonds is 6. The fraction of sp³-hybridized carbons (Fsp3) is 0.323.